The Morgan fingerprint density at radius 3 is 2.62 bits per heavy atom. The van der Waals surface area contributed by atoms with Crippen LogP contribution in [-0.2, 0) is 7.05 Å². The van der Waals surface area contributed by atoms with E-state index in [0.29, 0.717) is 16.9 Å². The summed E-state index contributed by atoms with van der Waals surface area (Å²) < 4.78 is 1.62. The lowest BCUT2D eigenvalue weighted by Crippen LogP contribution is -2.07. The first-order valence-corrected chi connectivity index (χ1v) is 7.71. The summed E-state index contributed by atoms with van der Waals surface area (Å²) in [6.45, 7) is 1.88. The van der Waals surface area contributed by atoms with Gasteiger partial charge in [-0.25, -0.2) is 4.98 Å². The van der Waals surface area contributed by atoms with E-state index in [-0.39, 0.29) is 5.78 Å². The van der Waals surface area contributed by atoms with Crippen LogP contribution in [0.4, 0.5) is 0 Å². The highest BCUT2D eigenvalue weighted by Crippen LogP contribution is 2.26. The highest BCUT2D eigenvalue weighted by molar-refractivity contribution is 6.15. The molecule has 0 radical (unpaired) electrons. The van der Waals surface area contributed by atoms with Gasteiger partial charge in [-0.15, -0.1) is 0 Å². The summed E-state index contributed by atoms with van der Waals surface area (Å²) in [7, 11) is 1.78. The van der Waals surface area contributed by atoms with Crippen molar-refractivity contribution in [2.75, 3.05) is 0 Å². The van der Waals surface area contributed by atoms with Crippen LogP contribution in [0.1, 0.15) is 21.7 Å². The van der Waals surface area contributed by atoms with E-state index in [9.17, 15) is 4.79 Å². The summed E-state index contributed by atoms with van der Waals surface area (Å²) in [5.41, 5.74) is 4.76. The second kappa shape index (κ2) is 5.45. The molecule has 4 aromatic rings. The van der Waals surface area contributed by atoms with Crippen LogP contribution in [0.5, 0.6) is 0 Å². The molecule has 0 fully saturated rings. The molecule has 4 rings (SSSR count). The van der Waals surface area contributed by atoms with Gasteiger partial charge in [-0.1, -0.05) is 30.3 Å². The number of benzene rings is 1. The fraction of sp³-hybridized carbons (Fsp3) is 0.105. The first-order valence-electron chi connectivity index (χ1n) is 7.71. The van der Waals surface area contributed by atoms with Crippen LogP contribution >= 0.6 is 0 Å². The molecule has 0 atom stereocenters. The number of ketones is 1. The van der Waals surface area contributed by atoms with E-state index in [4.69, 9.17) is 0 Å². The van der Waals surface area contributed by atoms with Crippen LogP contribution in [0.15, 0.2) is 54.9 Å². The number of rotatable bonds is 3. The number of H-pyrrole nitrogens is 1. The van der Waals surface area contributed by atoms with Gasteiger partial charge in [-0.2, -0.15) is 5.10 Å². The molecule has 24 heavy (non-hydrogen) atoms. The van der Waals surface area contributed by atoms with Crippen molar-refractivity contribution in [2.45, 2.75) is 6.92 Å². The number of nitrogens with zero attached hydrogens (tertiary/aromatic N) is 3. The molecule has 0 aliphatic heterocycles. The highest BCUT2D eigenvalue weighted by atomic mass is 16.1. The van der Waals surface area contributed by atoms with E-state index in [1.807, 2.05) is 49.5 Å². The van der Waals surface area contributed by atoms with Crippen molar-refractivity contribution in [3.05, 3.63) is 71.8 Å². The number of aromatic amines is 1. The lowest BCUT2D eigenvalue weighted by atomic mass is 10.0. The summed E-state index contributed by atoms with van der Waals surface area (Å²) in [4.78, 5) is 20.4. The molecule has 0 amide bonds. The van der Waals surface area contributed by atoms with Crippen molar-refractivity contribution in [3.8, 4) is 11.1 Å². The van der Waals surface area contributed by atoms with E-state index >= 15 is 0 Å². The number of hydrogen-bond acceptors (Lipinski definition) is 3. The summed E-state index contributed by atoms with van der Waals surface area (Å²) in [5.74, 6) is -0.0589. The maximum Gasteiger partial charge on any atom is 0.213 e. The SMILES string of the molecule is Cc1cc(C(=O)c2c[nH]c3ncc(-c4ccccc4)cc23)n(C)n1. The quantitative estimate of drug-likeness (QED) is 0.588. The maximum absolute atomic E-state index is 12.9. The van der Waals surface area contributed by atoms with Gasteiger partial charge in [0.05, 0.1) is 11.3 Å². The van der Waals surface area contributed by atoms with E-state index < -0.39 is 0 Å². The molecule has 5 heteroatoms. The van der Waals surface area contributed by atoms with Gasteiger partial charge < -0.3 is 4.98 Å². The smallest absolute Gasteiger partial charge is 0.213 e. The molecular weight excluding hydrogens is 300 g/mol. The molecule has 3 heterocycles. The number of fused-ring (bicyclic) bond motifs is 1. The van der Waals surface area contributed by atoms with Crippen molar-refractivity contribution in [1.29, 1.82) is 0 Å². The Morgan fingerprint density at radius 1 is 1.12 bits per heavy atom. The molecule has 118 valence electrons. The first kappa shape index (κ1) is 14.4. The third-order valence-electron chi connectivity index (χ3n) is 4.12. The fourth-order valence-electron chi connectivity index (χ4n) is 2.94. The van der Waals surface area contributed by atoms with Gasteiger partial charge in [0.2, 0.25) is 5.78 Å². The predicted molar refractivity (Wildman–Crippen MR) is 92.9 cm³/mol. The predicted octanol–water partition coefficient (Wildman–Crippen LogP) is 3.50. The first-order chi connectivity index (χ1) is 11.6. The molecule has 3 aromatic heterocycles. The molecule has 5 nitrogen and oxygen atoms in total. The van der Waals surface area contributed by atoms with Gasteiger partial charge in [0.15, 0.2) is 0 Å². The molecule has 0 saturated heterocycles. The van der Waals surface area contributed by atoms with Gasteiger partial charge in [-0.05, 0) is 24.6 Å². The molecule has 1 aromatic carbocycles. The summed E-state index contributed by atoms with van der Waals surface area (Å²) >= 11 is 0. The zero-order valence-corrected chi connectivity index (χ0v) is 13.4. The number of carbonyl (C=O) groups excluding carboxylic acids is 1. The number of aryl methyl sites for hydroxylation is 2. The molecule has 0 saturated carbocycles. The van der Waals surface area contributed by atoms with Crippen LogP contribution < -0.4 is 0 Å². The van der Waals surface area contributed by atoms with Crippen LogP contribution in [0.3, 0.4) is 0 Å². The largest absolute Gasteiger partial charge is 0.345 e. The van der Waals surface area contributed by atoms with Crippen LogP contribution in [-0.4, -0.2) is 25.5 Å². The van der Waals surface area contributed by atoms with E-state index in [0.717, 1.165) is 22.2 Å². The lowest BCUT2D eigenvalue weighted by molar-refractivity contribution is 0.103. The van der Waals surface area contributed by atoms with Crippen LogP contribution in [0, 0.1) is 6.92 Å². The average molecular weight is 316 g/mol. The van der Waals surface area contributed by atoms with E-state index in [2.05, 4.69) is 15.1 Å². The van der Waals surface area contributed by atoms with Crippen molar-refractivity contribution >= 4 is 16.8 Å². The van der Waals surface area contributed by atoms with Crippen molar-refractivity contribution in [2.24, 2.45) is 7.05 Å². The Bertz CT molecular complexity index is 1040. The lowest BCUT2D eigenvalue weighted by Gasteiger charge is -2.03. The van der Waals surface area contributed by atoms with Crippen molar-refractivity contribution < 1.29 is 4.79 Å². The minimum Gasteiger partial charge on any atom is -0.345 e. The van der Waals surface area contributed by atoms with Gasteiger partial charge in [0, 0.05) is 30.4 Å². The van der Waals surface area contributed by atoms with Gasteiger partial charge >= 0.3 is 0 Å². The fourth-order valence-corrected chi connectivity index (χ4v) is 2.94. The summed E-state index contributed by atoms with van der Waals surface area (Å²) in [6, 6.07) is 13.8. The minimum atomic E-state index is -0.0589. The van der Waals surface area contributed by atoms with E-state index in [1.165, 1.54) is 0 Å². The van der Waals surface area contributed by atoms with Gasteiger partial charge in [0.25, 0.3) is 0 Å². The molecule has 0 unspecified atom stereocenters. The standard InChI is InChI=1S/C19H16N4O/c1-12-8-17(23(2)22-12)18(24)16-11-21-19-15(16)9-14(10-20-19)13-6-4-3-5-7-13/h3-11H,1-2H3,(H,20,21). The van der Waals surface area contributed by atoms with Crippen molar-refractivity contribution in [3.63, 3.8) is 0 Å². The van der Waals surface area contributed by atoms with Crippen molar-refractivity contribution in [1.82, 2.24) is 19.7 Å². The van der Waals surface area contributed by atoms with Crippen LogP contribution in [0.2, 0.25) is 0 Å². The summed E-state index contributed by atoms with van der Waals surface area (Å²) in [5, 5.41) is 5.08. The number of pyridine rings is 1. The average Bonchev–Trinajstić information content (AvgIpc) is 3.17. The zero-order valence-electron chi connectivity index (χ0n) is 13.4. The van der Waals surface area contributed by atoms with Gasteiger partial charge in [0.1, 0.15) is 11.3 Å². The minimum absolute atomic E-state index is 0.0589. The third-order valence-corrected chi connectivity index (χ3v) is 4.12. The normalized spacial score (nSPS) is 11.1. The Balaban J connectivity index is 1.84. The molecular formula is C19H16N4O. The Hall–Kier alpha value is -3.21. The topological polar surface area (TPSA) is 63.6 Å². The van der Waals surface area contributed by atoms with E-state index in [1.54, 1.807) is 24.0 Å². The number of carbonyl (C=O) groups is 1. The molecule has 0 aliphatic carbocycles. The van der Waals surface area contributed by atoms with Gasteiger partial charge in [-0.3, -0.25) is 9.48 Å². The second-order valence-corrected chi connectivity index (χ2v) is 5.81. The third kappa shape index (κ3) is 2.31. The molecule has 0 spiro atoms. The molecule has 0 aliphatic rings. The monoisotopic (exact) mass is 316 g/mol. The maximum atomic E-state index is 12.9. The Kier molecular flexibility index (Phi) is 3.27. The Labute approximate surface area is 139 Å². The zero-order chi connectivity index (χ0) is 16.7. The Morgan fingerprint density at radius 2 is 1.92 bits per heavy atom. The van der Waals surface area contributed by atoms with Crippen LogP contribution in [0.25, 0.3) is 22.2 Å². The molecule has 1 N–H and O–H groups in total. The summed E-state index contributed by atoms with van der Waals surface area (Å²) in [6.07, 6.45) is 3.54. The second-order valence-electron chi connectivity index (χ2n) is 5.81. The molecule has 0 bridgehead atoms. The highest BCUT2D eigenvalue weighted by Gasteiger charge is 2.19. The number of aromatic nitrogens is 4. The number of hydrogen-bond donors (Lipinski definition) is 1. The number of nitrogens with one attached hydrogen (secondary N) is 1.